The van der Waals surface area contributed by atoms with E-state index in [1.165, 1.54) is 0 Å². The molecular formula is C27H25N3O6. The number of benzene rings is 3. The Morgan fingerprint density at radius 2 is 1.67 bits per heavy atom. The SMILES string of the molecule is Cc1cc(NC(=O)COC(=O)CCCC(=O)Nc2ccc(Oc3cccc4ccccc34)cc2)no1. The van der Waals surface area contributed by atoms with Gasteiger partial charge in [-0.15, -0.1) is 0 Å². The summed E-state index contributed by atoms with van der Waals surface area (Å²) in [5.74, 6) is 0.873. The molecule has 0 bridgehead atoms. The second-order valence-electron chi connectivity index (χ2n) is 8.04. The summed E-state index contributed by atoms with van der Waals surface area (Å²) in [4.78, 5) is 35.8. The molecule has 9 nitrogen and oxygen atoms in total. The van der Waals surface area contributed by atoms with E-state index in [2.05, 4.69) is 15.8 Å². The molecule has 0 aliphatic heterocycles. The topological polar surface area (TPSA) is 120 Å². The summed E-state index contributed by atoms with van der Waals surface area (Å²) < 4.78 is 15.8. The molecule has 2 N–H and O–H groups in total. The first-order valence-corrected chi connectivity index (χ1v) is 11.4. The number of anilines is 2. The Balaban J connectivity index is 1.16. The number of ether oxygens (including phenoxy) is 2. The lowest BCUT2D eigenvalue weighted by molar-refractivity contribution is -0.147. The maximum Gasteiger partial charge on any atom is 0.306 e. The molecule has 4 aromatic rings. The van der Waals surface area contributed by atoms with Gasteiger partial charge >= 0.3 is 5.97 Å². The lowest BCUT2D eigenvalue weighted by Gasteiger charge is -2.10. The number of aromatic nitrogens is 1. The van der Waals surface area contributed by atoms with E-state index in [4.69, 9.17) is 14.0 Å². The maximum absolute atomic E-state index is 12.2. The standard InChI is InChI=1S/C27H25N3O6/c1-18-16-24(30-36-18)29-26(32)17-34-27(33)11-5-10-25(31)28-20-12-14-21(15-13-20)35-23-9-4-7-19-6-2-3-8-22(19)23/h2-4,6-9,12-16H,5,10-11,17H2,1H3,(H,28,31)(H,29,30,32). The molecule has 184 valence electrons. The van der Waals surface area contributed by atoms with Crippen LogP contribution in [0.5, 0.6) is 11.5 Å². The van der Waals surface area contributed by atoms with Gasteiger partial charge in [0.25, 0.3) is 5.91 Å². The van der Waals surface area contributed by atoms with Crippen LogP contribution in [-0.4, -0.2) is 29.5 Å². The van der Waals surface area contributed by atoms with E-state index in [-0.39, 0.29) is 31.0 Å². The Morgan fingerprint density at radius 3 is 2.44 bits per heavy atom. The van der Waals surface area contributed by atoms with Gasteiger partial charge < -0.3 is 24.6 Å². The van der Waals surface area contributed by atoms with Crippen molar-refractivity contribution < 1.29 is 28.4 Å². The smallest absolute Gasteiger partial charge is 0.306 e. The van der Waals surface area contributed by atoms with E-state index < -0.39 is 18.5 Å². The van der Waals surface area contributed by atoms with Crippen molar-refractivity contribution >= 4 is 40.1 Å². The quantitative estimate of drug-likeness (QED) is 0.294. The molecular weight excluding hydrogens is 462 g/mol. The molecule has 4 rings (SSSR count). The molecule has 2 amide bonds. The van der Waals surface area contributed by atoms with Crippen LogP contribution in [0.4, 0.5) is 11.5 Å². The molecule has 0 spiro atoms. The summed E-state index contributed by atoms with van der Waals surface area (Å²) in [7, 11) is 0. The predicted molar refractivity (Wildman–Crippen MR) is 134 cm³/mol. The Kier molecular flexibility index (Phi) is 7.92. The lowest BCUT2D eigenvalue weighted by Crippen LogP contribution is -2.21. The molecule has 0 aliphatic carbocycles. The normalized spacial score (nSPS) is 10.6. The Bertz CT molecular complexity index is 1360. The zero-order valence-electron chi connectivity index (χ0n) is 19.7. The minimum Gasteiger partial charge on any atom is -0.457 e. The summed E-state index contributed by atoms with van der Waals surface area (Å²) >= 11 is 0. The van der Waals surface area contributed by atoms with Crippen LogP contribution in [-0.2, 0) is 19.1 Å². The van der Waals surface area contributed by atoms with Crippen molar-refractivity contribution in [3.63, 3.8) is 0 Å². The van der Waals surface area contributed by atoms with Crippen molar-refractivity contribution in [3.05, 3.63) is 78.6 Å². The zero-order chi connectivity index (χ0) is 25.3. The third kappa shape index (κ3) is 6.92. The summed E-state index contributed by atoms with van der Waals surface area (Å²) in [5.41, 5.74) is 0.618. The van der Waals surface area contributed by atoms with Crippen LogP contribution >= 0.6 is 0 Å². The number of aryl methyl sites for hydroxylation is 1. The number of carbonyl (C=O) groups is 3. The lowest BCUT2D eigenvalue weighted by atomic mass is 10.1. The molecule has 0 aliphatic rings. The second kappa shape index (κ2) is 11.7. The Hall–Kier alpha value is -4.66. The molecule has 1 heterocycles. The first-order valence-electron chi connectivity index (χ1n) is 11.4. The number of nitrogens with one attached hydrogen (secondary N) is 2. The van der Waals surface area contributed by atoms with Crippen molar-refractivity contribution in [2.24, 2.45) is 0 Å². The van der Waals surface area contributed by atoms with Crippen molar-refractivity contribution in [3.8, 4) is 11.5 Å². The second-order valence-corrected chi connectivity index (χ2v) is 8.04. The van der Waals surface area contributed by atoms with Crippen molar-refractivity contribution in [2.75, 3.05) is 17.2 Å². The van der Waals surface area contributed by atoms with Crippen molar-refractivity contribution in [1.82, 2.24) is 5.16 Å². The van der Waals surface area contributed by atoms with Crippen LogP contribution in [0.3, 0.4) is 0 Å². The van der Waals surface area contributed by atoms with E-state index in [1.54, 1.807) is 37.3 Å². The fourth-order valence-electron chi connectivity index (χ4n) is 3.46. The number of nitrogens with zero attached hydrogens (tertiary/aromatic N) is 1. The van der Waals surface area contributed by atoms with Gasteiger partial charge in [-0.1, -0.05) is 41.6 Å². The molecule has 9 heteroatoms. The fourth-order valence-corrected chi connectivity index (χ4v) is 3.46. The van der Waals surface area contributed by atoms with Gasteiger partial charge in [-0.05, 0) is 49.1 Å². The van der Waals surface area contributed by atoms with Gasteiger partial charge in [0.1, 0.15) is 17.3 Å². The summed E-state index contributed by atoms with van der Waals surface area (Å²) in [6.45, 7) is 1.25. The van der Waals surface area contributed by atoms with E-state index in [0.29, 0.717) is 17.2 Å². The van der Waals surface area contributed by atoms with Crippen LogP contribution in [0.1, 0.15) is 25.0 Å². The Labute approximate surface area is 207 Å². The first-order chi connectivity index (χ1) is 17.5. The molecule has 0 atom stereocenters. The molecule has 0 saturated heterocycles. The monoisotopic (exact) mass is 487 g/mol. The highest BCUT2D eigenvalue weighted by molar-refractivity contribution is 5.92. The number of carbonyl (C=O) groups excluding carboxylic acids is 3. The van der Waals surface area contributed by atoms with Gasteiger partial charge in [0.15, 0.2) is 12.4 Å². The van der Waals surface area contributed by atoms with Crippen LogP contribution in [0.25, 0.3) is 10.8 Å². The summed E-state index contributed by atoms with van der Waals surface area (Å²) in [6, 6.07) is 22.5. The third-order valence-electron chi connectivity index (χ3n) is 5.16. The first kappa shape index (κ1) is 24.5. The van der Waals surface area contributed by atoms with Crippen LogP contribution < -0.4 is 15.4 Å². The zero-order valence-corrected chi connectivity index (χ0v) is 19.7. The highest BCUT2D eigenvalue weighted by Gasteiger charge is 2.11. The van der Waals surface area contributed by atoms with E-state index in [1.807, 2.05) is 42.5 Å². The minimum absolute atomic E-state index is 0.0155. The predicted octanol–water partition coefficient (Wildman–Crippen LogP) is 5.22. The van der Waals surface area contributed by atoms with Crippen LogP contribution in [0, 0.1) is 6.92 Å². The van der Waals surface area contributed by atoms with Gasteiger partial charge in [0, 0.05) is 30.0 Å². The van der Waals surface area contributed by atoms with Crippen LogP contribution in [0.15, 0.2) is 77.3 Å². The molecule has 3 aromatic carbocycles. The molecule has 36 heavy (non-hydrogen) atoms. The van der Waals surface area contributed by atoms with E-state index in [0.717, 1.165) is 16.5 Å². The van der Waals surface area contributed by atoms with E-state index >= 15 is 0 Å². The maximum atomic E-state index is 12.2. The average Bonchev–Trinajstić information content (AvgIpc) is 3.28. The van der Waals surface area contributed by atoms with Gasteiger partial charge in [-0.25, -0.2) is 0 Å². The highest BCUT2D eigenvalue weighted by atomic mass is 16.5. The van der Waals surface area contributed by atoms with Gasteiger partial charge in [-0.2, -0.15) is 0 Å². The molecule has 0 unspecified atom stereocenters. The van der Waals surface area contributed by atoms with E-state index in [9.17, 15) is 14.4 Å². The molecule has 0 saturated carbocycles. The van der Waals surface area contributed by atoms with Crippen LogP contribution in [0.2, 0.25) is 0 Å². The summed E-state index contributed by atoms with van der Waals surface area (Å²) in [6.07, 6.45) is 0.437. The number of hydrogen-bond acceptors (Lipinski definition) is 7. The van der Waals surface area contributed by atoms with Gasteiger partial charge in [0.05, 0.1) is 0 Å². The number of amides is 2. The van der Waals surface area contributed by atoms with Gasteiger partial charge in [0.2, 0.25) is 5.91 Å². The third-order valence-corrected chi connectivity index (χ3v) is 5.16. The Morgan fingerprint density at radius 1 is 0.889 bits per heavy atom. The molecule has 1 aromatic heterocycles. The number of hydrogen-bond donors (Lipinski definition) is 2. The number of rotatable bonds is 10. The highest BCUT2D eigenvalue weighted by Crippen LogP contribution is 2.30. The molecule has 0 fully saturated rings. The number of fused-ring (bicyclic) bond motifs is 1. The molecule has 0 radical (unpaired) electrons. The van der Waals surface area contributed by atoms with Crippen molar-refractivity contribution in [2.45, 2.75) is 26.2 Å². The number of esters is 1. The largest absolute Gasteiger partial charge is 0.457 e. The fraction of sp³-hybridized carbons (Fsp3) is 0.185. The van der Waals surface area contributed by atoms with Crippen molar-refractivity contribution in [1.29, 1.82) is 0 Å². The summed E-state index contributed by atoms with van der Waals surface area (Å²) in [5, 5.41) is 11.0. The van der Waals surface area contributed by atoms with Gasteiger partial charge in [-0.3, -0.25) is 14.4 Å². The average molecular weight is 488 g/mol. The minimum atomic E-state index is -0.566.